The fourth-order valence-corrected chi connectivity index (χ4v) is 3.10. The Morgan fingerprint density at radius 3 is 2.80 bits per heavy atom. The number of ketones is 1. The molecule has 1 unspecified atom stereocenters. The lowest BCUT2D eigenvalue weighted by molar-refractivity contribution is 0.0740. The third kappa shape index (κ3) is 3.30. The van der Waals surface area contributed by atoms with Gasteiger partial charge in [-0.25, -0.2) is 0 Å². The summed E-state index contributed by atoms with van der Waals surface area (Å²) in [5.41, 5.74) is 3.11. The largest absolute Gasteiger partial charge is 0.377 e. The molecule has 0 N–H and O–H groups in total. The van der Waals surface area contributed by atoms with Crippen LogP contribution < -0.4 is 0 Å². The third-order valence-electron chi connectivity index (χ3n) is 4.14. The molecule has 2 heterocycles. The Balaban J connectivity index is 1.97. The molecule has 0 amide bonds. The summed E-state index contributed by atoms with van der Waals surface area (Å²) in [6.07, 6.45) is 2.56. The highest BCUT2D eigenvalue weighted by Crippen LogP contribution is 2.17. The first-order chi connectivity index (χ1) is 9.52. The SMILES string of the molecule is CCn1c(C)cc(C(=O)CN(C)CC2CCCO2)c1C. The topological polar surface area (TPSA) is 34.5 Å². The maximum atomic E-state index is 12.4. The van der Waals surface area contributed by atoms with Crippen LogP contribution in [-0.4, -0.2) is 48.1 Å². The first-order valence-corrected chi connectivity index (χ1v) is 7.53. The summed E-state index contributed by atoms with van der Waals surface area (Å²) < 4.78 is 7.81. The van der Waals surface area contributed by atoms with Gasteiger partial charge in [0.15, 0.2) is 5.78 Å². The Labute approximate surface area is 121 Å². The zero-order valence-electron chi connectivity index (χ0n) is 13.1. The lowest BCUT2D eigenvalue weighted by atomic mass is 10.1. The van der Waals surface area contributed by atoms with Gasteiger partial charge in [0.1, 0.15) is 0 Å². The number of Topliss-reactive ketones (excluding diaryl/α,β-unsaturated/α-hetero) is 1. The Bertz CT molecular complexity index is 473. The van der Waals surface area contributed by atoms with Gasteiger partial charge in [0, 0.05) is 36.6 Å². The number of likely N-dealkylation sites (N-methyl/N-ethyl adjacent to an activating group) is 1. The second kappa shape index (κ2) is 6.55. The zero-order valence-corrected chi connectivity index (χ0v) is 13.1. The van der Waals surface area contributed by atoms with Crippen LogP contribution in [0, 0.1) is 13.8 Å². The van der Waals surface area contributed by atoms with Crippen molar-refractivity contribution in [2.24, 2.45) is 0 Å². The Morgan fingerprint density at radius 2 is 2.25 bits per heavy atom. The summed E-state index contributed by atoms with van der Waals surface area (Å²) in [4.78, 5) is 14.5. The second-order valence-corrected chi connectivity index (χ2v) is 5.78. The summed E-state index contributed by atoms with van der Waals surface area (Å²) in [5.74, 6) is 0.207. The molecule has 0 saturated carbocycles. The van der Waals surface area contributed by atoms with Gasteiger partial charge in [-0.05, 0) is 46.7 Å². The molecule has 1 saturated heterocycles. The Kier molecular flexibility index (Phi) is 5.00. The number of hydrogen-bond acceptors (Lipinski definition) is 3. The summed E-state index contributed by atoms with van der Waals surface area (Å²) >= 11 is 0. The number of rotatable bonds is 6. The van der Waals surface area contributed by atoms with Gasteiger partial charge >= 0.3 is 0 Å². The van der Waals surface area contributed by atoms with Gasteiger partial charge in [-0.1, -0.05) is 0 Å². The molecular weight excluding hydrogens is 252 g/mol. The van der Waals surface area contributed by atoms with Gasteiger partial charge in [0.05, 0.1) is 12.6 Å². The van der Waals surface area contributed by atoms with E-state index in [0.29, 0.717) is 12.6 Å². The molecule has 1 aliphatic rings. The molecule has 1 aromatic rings. The summed E-state index contributed by atoms with van der Waals surface area (Å²) in [6, 6.07) is 2.01. The van der Waals surface area contributed by atoms with Crippen molar-refractivity contribution in [2.45, 2.75) is 46.3 Å². The van der Waals surface area contributed by atoms with Gasteiger partial charge in [0.25, 0.3) is 0 Å². The van der Waals surface area contributed by atoms with Gasteiger partial charge < -0.3 is 9.30 Å². The monoisotopic (exact) mass is 278 g/mol. The maximum Gasteiger partial charge on any atom is 0.178 e. The van der Waals surface area contributed by atoms with E-state index in [-0.39, 0.29) is 5.78 Å². The van der Waals surface area contributed by atoms with Crippen LogP contribution in [0.3, 0.4) is 0 Å². The van der Waals surface area contributed by atoms with Crippen molar-refractivity contribution < 1.29 is 9.53 Å². The number of carbonyl (C=O) groups is 1. The number of ether oxygens (including phenoxy) is 1. The molecule has 4 heteroatoms. The van der Waals surface area contributed by atoms with Crippen molar-refractivity contribution in [2.75, 3.05) is 26.7 Å². The minimum absolute atomic E-state index is 0.207. The van der Waals surface area contributed by atoms with E-state index < -0.39 is 0 Å². The van der Waals surface area contributed by atoms with Gasteiger partial charge in [-0.3, -0.25) is 9.69 Å². The lowest BCUT2D eigenvalue weighted by Crippen LogP contribution is -2.33. The molecule has 0 spiro atoms. The standard InChI is InChI=1S/C16H26N2O2/c1-5-18-12(2)9-15(13(18)3)16(19)11-17(4)10-14-7-6-8-20-14/h9,14H,5-8,10-11H2,1-4H3. The van der Waals surface area contributed by atoms with Crippen molar-refractivity contribution >= 4 is 5.78 Å². The van der Waals surface area contributed by atoms with Gasteiger partial charge in [-0.15, -0.1) is 0 Å². The normalized spacial score (nSPS) is 18.9. The van der Waals surface area contributed by atoms with E-state index in [1.54, 1.807) is 0 Å². The predicted octanol–water partition coefficient (Wildman–Crippen LogP) is 2.42. The quantitative estimate of drug-likeness (QED) is 0.750. The third-order valence-corrected chi connectivity index (χ3v) is 4.14. The molecule has 1 aliphatic heterocycles. The van der Waals surface area contributed by atoms with Crippen molar-refractivity contribution in [3.8, 4) is 0 Å². The summed E-state index contributed by atoms with van der Waals surface area (Å²) in [5, 5.41) is 0. The van der Waals surface area contributed by atoms with Crippen molar-refractivity contribution in [3.05, 3.63) is 23.0 Å². The van der Waals surface area contributed by atoms with Crippen molar-refractivity contribution in [3.63, 3.8) is 0 Å². The van der Waals surface area contributed by atoms with E-state index in [2.05, 4.69) is 23.3 Å². The minimum atomic E-state index is 0.207. The van der Waals surface area contributed by atoms with E-state index >= 15 is 0 Å². The summed E-state index contributed by atoms with van der Waals surface area (Å²) in [6.45, 7) is 9.29. The average Bonchev–Trinajstić information content (AvgIpc) is 2.97. The number of aromatic nitrogens is 1. The maximum absolute atomic E-state index is 12.4. The highest BCUT2D eigenvalue weighted by Gasteiger charge is 2.20. The van der Waals surface area contributed by atoms with Crippen LogP contribution in [0.15, 0.2) is 6.07 Å². The molecule has 0 radical (unpaired) electrons. The number of hydrogen-bond donors (Lipinski definition) is 0. The van der Waals surface area contributed by atoms with Crippen LogP contribution in [0.2, 0.25) is 0 Å². The van der Waals surface area contributed by atoms with E-state index in [1.807, 2.05) is 20.0 Å². The van der Waals surface area contributed by atoms with Crippen LogP contribution >= 0.6 is 0 Å². The van der Waals surface area contributed by atoms with E-state index in [9.17, 15) is 4.79 Å². The van der Waals surface area contributed by atoms with Crippen LogP contribution in [0.5, 0.6) is 0 Å². The first-order valence-electron chi connectivity index (χ1n) is 7.53. The number of aryl methyl sites for hydroxylation is 1. The molecule has 112 valence electrons. The van der Waals surface area contributed by atoms with E-state index in [1.165, 1.54) is 0 Å². The molecule has 1 fully saturated rings. The average molecular weight is 278 g/mol. The minimum Gasteiger partial charge on any atom is -0.377 e. The summed E-state index contributed by atoms with van der Waals surface area (Å²) in [7, 11) is 2.00. The molecule has 0 aromatic carbocycles. The first kappa shape index (κ1) is 15.3. The molecule has 0 aliphatic carbocycles. The van der Waals surface area contributed by atoms with Gasteiger partial charge in [-0.2, -0.15) is 0 Å². The van der Waals surface area contributed by atoms with E-state index in [0.717, 1.165) is 49.5 Å². The lowest BCUT2D eigenvalue weighted by Gasteiger charge is -2.19. The molecule has 20 heavy (non-hydrogen) atoms. The zero-order chi connectivity index (χ0) is 14.7. The van der Waals surface area contributed by atoms with Crippen LogP contribution in [0.1, 0.15) is 41.5 Å². The molecule has 1 aromatic heterocycles. The predicted molar refractivity (Wildman–Crippen MR) is 80.4 cm³/mol. The fraction of sp³-hybridized carbons (Fsp3) is 0.688. The Hall–Kier alpha value is -1.13. The number of carbonyl (C=O) groups excluding carboxylic acids is 1. The molecule has 1 atom stereocenters. The van der Waals surface area contributed by atoms with E-state index in [4.69, 9.17) is 4.74 Å². The molecule has 0 bridgehead atoms. The van der Waals surface area contributed by atoms with Crippen LogP contribution in [0.25, 0.3) is 0 Å². The highest BCUT2D eigenvalue weighted by atomic mass is 16.5. The molecular formula is C16H26N2O2. The molecule has 2 rings (SSSR count). The second-order valence-electron chi connectivity index (χ2n) is 5.78. The van der Waals surface area contributed by atoms with Gasteiger partial charge in [0.2, 0.25) is 0 Å². The number of nitrogens with zero attached hydrogens (tertiary/aromatic N) is 2. The highest BCUT2D eigenvalue weighted by molar-refractivity contribution is 5.99. The van der Waals surface area contributed by atoms with Crippen molar-refractivity contribution in [1.82, 2.24) is 9.47 Å². The van der Waals surface area contributed by atoms with Crippen LogP contribution in [0.4, 0.5) is 0 Å². The smallest absolute Gasteiger partial charge is 0.178 e. The molecule has 4 nitrogen and oxygen atoms in total. The fourth-order valence-electron chi connectivity index (χ4n) is 3.10. The Morgan fingerprint density at radius 1 is 1.50 bits per heavy atom. The van der Waals surface area contributed by atoms with Crippen molar-refractivity contribution in [1.29, 1.82) is 0 Å². The van der Waals surface area contributed by atoms with Crippen LogP contribution in [-0.2, 0) is 11.3 Å².